The summed E-state index contributed by atoms with van der Waals surface area (Å²) in [5.74, 6) is 0.724. The molecular formula is C13H19ClF3N3. The van der Waals surface area contributed by atoms with Crippen LogP contribution < -0.4 is 5.32 Å². The smallest absolute Gasteiger partial charge is 0.367 e. The van der Waals surface area contributed by atoms with Crippen molar-refractivity contribution in [2.45, 2.75) is 52.3 Å². The highest BCUT2D eigenvalue weighted by Gasteiger charge is 2.33. The van der Waals surface area contributed by atoms with Gasteiger partial charge in [0, 0.05) is 12.1 Å². The van der Waals surface area contributed by atoms with Crippen LogP contribution in [0, 0.1) is 5.92 Å². The van der Waals surface area contributed by atoms with E-state index in [1.807, 2.05) is 6.92 Å². The van der Waals surface area contributed by atoms with E-state index in [1.54, 1.807) is 0 Å². The highest BCUT2D eigenvalue weighted by molar-refractivity contribution is 6.28. The molecule has 0 aliphatic carbocycles. The van der Waals surface area contributed by atoms with Gasteiger partial charge in [0.15, 0.2) is 5.69 Å². The molecule has 1 rings (SSSR count). The van der Waals surface area contributed by atoms with Crippen molar-refractivity contribution in [3.63, 3.8) is 0 Å². The third-order valence-electron chi connectivity index (χ3n) is 2.80. The van der Waals surface area contributed by atoms with Crippen LogP contribution in [0.2, 0.25) is 5.28 Å². The normalized spacial score (nSPS) is 13.6. The molecule has 0 radical (unpaired) electrons. The van der Waals surface area contributed by atoms with Crippen LogP contribution in [-0.2, 0) is 6.18 Å². The second-order valence-corrected chi connectivity index (χ2v) is 5.61. The van der Waals surface area contributed by atoms with Crippen LogP contribution in [0.5, 0.6) is 0 Å². The molecule has 0 aliphatic rings. The van der Waals surface area contributed by atoms with Crippen molar-refractivity contribution in [2.75, 3.05) is 5.32 Å². The first kappa shape index (κ1) is 17.0. The van der Waals surface area contributed by atoms with Gasteiger partial charge in [0.05, 0.1) is 0 Å². The molecule has 0 amide bonds. The molecule has 0 aliphatic heterocycles. The Hall–Kier alpha value is -1.04. The Kier molecular flexibility index (Phi) is 6.05. The molecule has 7 heteroatoms. The number of alkyl halides is 3. The van der Waals surface area contributed by atoms with Gasteiger partial charge in [-0.25, -0.2) is 9.97 Å². The summed E-state index contributed by atoms with van der Waals surface area (Å²) >= 11 is 5.52. The lowest BCUT2D eigenvalue weighted by Gasteiger charge is -2.16. The van der Waals surface area contributed by atoms with Crippen LogP contribution in [-0.4, -0.2) is 16.0 Å². The Bertz CT molecular complexity index is 435. The summed E-state index contributed by atoms with van der Waals surface area (Å²) in [4.78, 5) is 6.96. The van der Waals surface area contributed by atoms with E-state index in [1.165, 1.54) is 0 Å². The third kappa shape index (κ3) is 5.94. The molecule has 0 spiro atoms. The number of hydrogen-bond donors (Lipinski definition) is 1. The quantitative estimate of drug-likeness (QED) is 0.769. The molecule has 0 aromatic carbocycles. The van der Waals surface area contributed by atoms with Crippen molar-refractivity contribution < 1.29 is 13.2 Å². The minimum Gasteiger partial charge on any atom is -0.367 e. The van der Waals surface area contributed by atoms with Gasteiger partial charge in [0.1, 0.15) is 5.82 Å². The van der Waals surface area contributed by atoms with E-state index in [4.69, 9.17) is 11.6 Å². The number of aromatic nitrogens is 2. The summed E-state index contributed by atoms with van der Waals surface area (Å²) in [5.41, 5.74) is -1.03. The topological polar surface area (TPSA) is 37.8 Å². The zero-order chi connectivity index (χ0) is 15.3. The van der Waals surface area contributed by atoms with Gasteiger partial charge in [0.2, 0.25) is 5.28 Å². The van der Waals surface area contributed by atoms with E-state index in [9.17, 15) is 13.2 Å². The van der Waals surface area contributed by atoms with Crippen LogP contribution >= 0.6 is 11.6 Å². The van der Waals surface area contributed by atoms with Crippen molar-refractivity contribution in [1.29, 1.82) is 0 Å². The average Bonchev–Trinajstić information content (AvgIpc) is 2.26. The lowest BCUT2D eigenvalue weighted by Crippen LogP contribution is -2.18. The molecule has 1 aromatic rings. The van der Waals surface area contributed by atoms with Crippen LogP contribution in [0.3, 0.4) is 0 Å². The maximum absolute atomic E-state index is 12.6. The second-order valence-electron chi connectivity index (χ2n) is 5.28. The molecule has 1 unspecified atom stereocenters. The van der Waals surface area contributed by atoms with E-state index >= 15 is 0 Å². The zero-order valence-corrected chi connectivity index (χ0v) is 12.5. The molecule has 0 saturated carbocycles. The van der Waals surface area contributed by atoms with Crippen LogP contribution in [0.4, 0.5) is 19.0 Å². The van der Waals surface area contributed by atoms with Gasteiger partial charge in [-0.15, -0.1) is 0 Å². The van der Waals surface area contributed by atoms with Gasteiger partial charge in [-0.05, 0) is 30.9 Å². The summed E-state index contributed by atoms with van der Waals surface area (Å²) < 4.78 is 37.8. The van der Waals surface area contributed by atoms with Gasteiger partial charge >= 0.3 is 6.18 Å². The zero-order valence-electron chi connectivity index (χ0n) is 11.8. The number of rotatable bonds is 6. The fourth-order valence-electron chi connectivity index (χ4n) is 1.79. The molecule has 20 heavy (non-hydrogen) atoms. The third-order valence-corrected chi connectivity index (χ3v) is 2.97. The molecule has 1 atom stereocenters. The first-order chi connectivity index (χ1) is 9.18. The molecule has 0 bridgehead atoms. The van der Waals surface area contributed by atoms with Gasteiger partial charge in [0.25, 0.3) is 0 Å². The summed E-state index contributed by atoms with van der Waals surface area (Å²) in [7, 11) is 0. The fraction of sp³-hybridized carbons (Fsp3) is 0.692. The van der Waals surface area contributed by atoms with E-state index in [0.717, 1.165) is 25.3 Å². The molecule has 1 heterocycles. The van der Waals surface area contributed by atoms with Gasteiger partial charge < -0.3 is 5.32 Å². The fourth-order valence-corrected chi connectivity index (χ4v) is 1.98. The standard InChI is InChI=1S/C13H19ClF3N3/c1-8(2)5-4-6-9(3)18-11-7-10(13(15,16)17)19-12(14)20-11/h7-9H,4-6H2,1-3H3,(H,18,19,20). The number of nitrogens with zero attached hydrogens (tertiary/aromatic N) is 2. The summed E-state index contributed by atoms with van der Waals surface area (Å²) in [6, 6.07) is 0.908. The molecule has 1 N–H and O–H groups in total. The van der Waals surface area contributed by atoms with Crippen LogP contribution in [0.1, 0.15) is 45.7 Å². The maximum Gasteiger partial charge on any atom is 0.433 e. The van der Waals surface area contributed by atoms with Crippen molar-refractivity contribution in [2.24, 2.45) is 5.92 Å². The number of nitrogens with one attached hydrogen (secondary N) is 1. The molecule has 1 aromatic heterocycles. The first-order valence-corrected chi connectivity index (χ1v) is 6.94. The van der Waals surface area contributed by atoms with E-state index in [0.29, 0.717) is 5.92 Å². The Labute approximate surface area is 122 Å². The first-order valence-electron chi connectivity index (χ1n) is 6.56. The van der Waals surface area contributed by atoms with Gasteiger partial charge in [-0.3, -0.25) is 0 Å². The Morgan fingerprint density at radius 3 is 2.40 bits per heavy atom. The average molecular weight is 310 g/mol. The molecule has 114 valence electrons. The Balaban J connectivity index is 2.65. The van der Waals surface area contributed by atoms with Crippen LogP contribution in [0.25, 0.3) is 0 Å². The molecule has 0 fully saturated rings. The largest absolute Gasteiger partial charge is 0.433 e. The minimum absolute atomic E-state index is 0.0285. The van der Waals surface area contributed by atoms with Crippen molar-refractivity contribution in [1.82, 2.24) is 9.97 Å². The number of anilines is 1. The second kappa shape index (κ2) is 7.11. The van der Waals surface area contributed by atoms with Gasteiger partial charge in [-0.2, -0.15) is 13.2 Å². The SMILES string of the molecule is CC(C)CCCC(C)Nc1cc(C(F)(F)F)nc(Cl)n1. The van der Waals surface area contributed by atoms with Crippen molar-refractivity contribution >= 4 is 17.4 Å². The summed E-state index contributed by atoms with van der Waals surface area (Å²) in [6.07, 6.45) is -1.56. The Morgan fingerprint density at radius 2 is 1.85 bits per heavy atom. The van der Waals surface area contributed by atoms with E-state index in [2.05, 4.69) is 29.1 Å². The predicted octanol–water partition coefficient (Wildman–Crippen LogP) is 4.78. The molecular weight excluding hydrogens is 291 g/mol. The van der Waals surface area contributed by atoms with E-state index < -0.39 is 17.2 Å². The van der Waals surface area contributed by atoms with Crippen molar-refractivity contribution in [3.8, 4) is 0 Å². The lowest BCUT2D eigenvalue weighted by molar-refractivity contribution is -0.141. The predicted molar refractivity (Wildman–Crippen MR) is 73.8 cm³/mol. The highest BCUT2D eigenvalue weighted by atomic mass is 35.5. The number of halogens is 4. The molecule has 0 saturated heterocycles. The molecule has 3 nitrogen and oxygen atoms in total. The summed E-state index contributed by atoms with van der Waals surface area (Å²) in [6.45, 7) is 6.18. The highest BCUT2D eigenvalue weighted by Crippen LogP contribution is 2.29. The monoisotopic (exact) mass is 309 g/mol. The van der Waals surface area contributed by atoms with Gasteiger partial charge in [-0.1, -0.05) is 26.7 Å². The summed E-state index contributed by atoms with van der Waals surface area (Å²) in [5, 5.41) is 2.53. The number of hydrogen-bond acceptors (Lipinski definition) is 3. The maximum atomic E-state index is 12.6. The van der Waals surface area contributed by atoms with Crippen molar-refractivity contribution in [3.05, 3.63) is 17.0 Å². The Morgan fingerprint density at radius 1 is 1.20 bits per heavy atom. The van der Waals surface area contributed by atoms with Crippen LogP contribution in [0.15, 0.2) is 6.07 Å². The minimum atomic E-state index is -4.52. The van der Waals surface area contributed by atoms with E-state index in [-0.39, 0.29) is 11.9 Å². The lowest BCUT2D eigenvalue weighted by atomic mass is 10.0.